The molecule has 0 fully saturated rings. The first kappa shape index (κ1) is 17.5. The molecule has 3 aromatic rings. The Morgan fingerprint density at radius 3 is 2.68 bits per heavy atom. The Bertz CT molecular complexity index is 935. The summed E-state index contributed by atoms with van der Waals surface area (Å²) in [5, 5.41) is 0.981. The van der Waals surface area contributed by atoms with Crippen LogP contribution in [0.1, 0.15) is 23.0 Å². The van der Waals surface area contributed by atoms with Crippen molar-refractivity contribution in [1.82, 2.24) is 9.55 Å². The summed E-state index contributed by atoms with van der Waals surface area (Å²) in [4.78, 5) is 16.7. The number of carbonyl (C=O) groups excluding carboxylic acids is 1. The molecular formula is C19H16Cl2N2O2. The fraction of sp³-hybridized carbons (Fsp3) is 0.158. The van der Waals surface area contributed by atoms with Gasteiger partial charge in [0.25, 0.3) is 0 Å². The van der Waals surface area contributed by atoms with Gasteiger partial charge in [-0.25, -0.2) is 9.78 Å². The second kappa shape index (κ2) is 7.30. The van der Waals surface area contributed by atoms with Crippen LogP contribution in [-0.2, 0) is 4.74 Å². The Labute approximate surface area is 156 Å². The van der Waals surface area contributed by atoms with Crippen LogP contribution in [-0.4, -0.2) is 22.1 Å². The maximum atomic E-state index is 12.0. The molecule has 2 aromatic heterocycles. The maximum absolute atomic E-state index is 12.0. The highest BCUT2D eigenvalue weighted by molar-refractivity contribution is 6.42. The van der Waals surface area contributed by atoms with Crippen LogP contribution in [0.2, 0.25) is 10.0 Å². The molecule has 6 heteroatoms. The van der Waals surface area contributed by atoms with Crippen molar-refractivity contribution in [2.45, 2.75) is 13.8 Å². The van der Waals surface area contributed by atoms with Crippen molar-refractivity contribution in [3.63, 3.8) is 0 Å². The fourth-order valence-electron chi connectivity index (χ4n) is 2.56. The summed E-state index contributed by atoms with van der Waals surface area (Å²) in [6.45, 7) is 3.99. The number of esters is 1. The van der Waals surface area contributed by atoms with Gasteiger partial charge >= 0.3 is 5.97 Å². The van der Waals surface area contributed by atoms with Crippen LogP contribution < -0.4 is 0 Å². The number of aromatic nitrogens is 2. The van der Waals surface area contributed by atoms with Gasteiger partial charge in [0.15, 0.2) is 0 Å². The van der Waals surface area contributed by atoms with Crippen LogP contribution in [0.3, 0.4) is 0 Å². The molecule has 0 bridgehead atoms. The molecule has 0 aliphatic carbocycles. The standard InChI is InChI=1S/C19H16Cl2N2O2/c1-3-25-19(24)14-9-10-23(12(14)2)18-6-4-5-17(22-18)13-7-8-15(20)16(21)11-13/h4-11H,3H2,1-2H3. The minimum atomic E-state index is -0.334. The topological polar surface area (TPSA) is 44.1 Å². The van der Waals surface area contributed by atoms with Crippen molar-refractivity contribution in [3.05, 3.63) is 70.0 Å². The molecule has 4 nitrogen and oxygen atoms in total. The van der Waals surface area contributed by atoms with Crippen molar-refractivity contribution in [2.75, 3.05) is 6.61 Å². The van der Waals surface area contributed by atoms with Crippen LogP contribution in [0, 0.1) is 6.92 Å². The lowest BCUT2D eigenvalue weighted by Crippen LogP contribution is -2.07. The highest BCUT2D eigenvalue weighted by Crippen LogP contribution is 2.28. The molecule has 1 aromatic carbocycles. The molecule has 0 aliphatic heterocycles. The van der Waals surface area contributed by atoms with Gasteiger partial charge in [0.2, 0.25) is 0 Å². The number of halogens is 2. The highest BCUT2D eigenvalue weighted by atomic mass is 35.5. The Hall–Kier alpha value is -2.30. The van der Waals surface area contributed by atoms with Crippen molar-refractivity contribution < 1.29 is 9.53 Å². The van der Waals surface area contributed by atoms with Crippen molar-refractivity contribution in [3.8, 4) is 17.1 Å². The molecule has 0 amide bonds. The molecule has 25 heavy (non-hydrogen) atoms. The van der Waals surface area contributed by atoms with E-state index in [9.17, 15) is 4.79 Å². The molecule has 0 spiro atoms. The average molecular weight is 375 g/mol. The summed E-state index contributed by atoms with van der Waals surface area (Å²) in [5.74, 6) is 0.371. The van der Waals surface area contributed by atoms with E-state index in [0.29, 0.717) is 28.0 Å². The molecule has 0 radical (unpaired) electrons. The number of hydrogen-bond donors (Lipinski definition) is 0. The second-order valence-electron chi connectivity index (χ2n) is 5.42. The first-order valence-electron chi connectivity index (χ1n) is 7.79. The number of ether oxygens (including phenoxy) is 1. The maximum Gasteiger partial charge on any atom is 0.339 e. The SMILES string of the molecule is CCOC(=O)c1ccn(-c2cccc(-c3ccc(Cl)c(Cl)c3)n2)c1C. The van der Waals surface area contributed by atoms with Gasteiger partial charge in [0.05, 0.1) is 27.9 Å². The normalized spacial score (nSPS) is 10.7. The summed E-state index contributed by atoms with van der Waals surface area (Å²) < 4.78 is 6.93. The number of rotatable bonds is 4. The van der Waals surface area contributed by atoms with Crippen LogP contribution >= 0.6 is 23.2 Å². The molecule has 128 valence electrons. The zero-order valence-electron chi connectivity index (χ0n) is 13.8. The van der Waals surface area contributed by atoms with E-state index in [2.05, 4.69) is 4.98 Å². The lowest BCUT2D eigenvalue weighted by molar-refractivity contribution is 0.0525. The second-order valence-corrected chi connectivity index (χ2v) is 6.23. The van der Waals surface area contributed by atoms with E-state index >= 15 is 0 Å². The largest absolute Gasteiger partial charge is 0.462 e. The number of benzene rings is 1. The van der Waals surface area contributed by atoms with Gasteiger partial charge in [0, 0.05) is 17.5 Å². The predicted octanol–water partition coefficient (Wildman–Crippen LogP) is 5.33. The summed E-state index contributed by atoms with van der Waals surface area (Å²) in [6, 6.07) is 12.8. The Morgan fingerprint density at radius 1 is 1.16 bits per heavy atom. The Morgan fingerprint density at radius 2 is 1.96 bits per heavy atom. The van der Waals surface area contributed by atoms with Gasteiger partial charge in [-0.05, 0) is 44.2 Å². The van der Waals surface area contributed by atoms with Crippen LogP contribution in [0.5, 0.6) is 0 Å². The molecule has 3 rings (SSSR count). The average Bonchev–Trinajstić information content (AvgIpc) is 2.99. The van der Waals surface area contributed by atoms with E-state index in [1.165, 1.54) is 0 Å². The summed E-state index contributed by atoms with van der Waals surface area (Å²) in [7, 11) is 0. The van der Waals surface area contributed by atoms with Gasteiger partial charge in [-0.3, -0.25) is 0 Å². The number of pyridine rings is 1. The third kappa shape index (κ3) is 3.55. The van der Waals surface area contributed by atoms with Gasteiger partial charge in [-0.2, -0.15) is 0 Å². The molecule has 0 N–H and O–H groups in total. The molecule has 2 heterocycles. The predicted molar refractivity (Wildman–Crippen MR) is 99.7 cm³/mol. The Balaban J connectivity index is 2.00. The van der Waals surface area contributed by atoms with E-state index in [0.717, 1.165) is 17.0 Å². The molecule has 0 unspecified atom stereocenters. The lowest BCUT2D eigenvalue weighted by atomic mass is 10.1. The minimum absolute atomic E-state index is 0.334. The molecule has 0 aliphatic rings. The first-order chi connectivity index (χ1) is 12.0. The van der Waals surface area contributed by atoms with Crippen LogP contribution in [0.4, 0.5) is 0 Å². The molecule has 0 saturated heterocycles. The van der Waals surface area contributed by atoms with Crippen molar-refractivity contribution in [2.24, 2.45) is 0 Å². The number of nitrogens with zero attached hydrogens (tertiary/aromatic N) is 2. The highest BCUT2D eigenvalue weighted by Gasteiger charge is 2.15. The van der Waals surface area contributed by atoms with Crippen LogP contribution in [0.25, 0.3) is 17.1 Å². The Kier molecular flexibility index (Phi) is 5.11. The van der Waals surface area contributed by atoms with Gasteiger partial charge in [-0.15, -0.1) is 0 Å². The monoisotopic (exact) mass is 374 g/mol. The third-order valence-corrected chi connectivity index (χ3v) is 4.57. The van der Waals surface area contributed by atoms with Crippen LogP contribution in [0.15, 0.2) is 48.7 Å². The summed E-state index contributed by atoms with van der Waals surface area (Å²) >= 11 is 12.1. The summed E-state index contributed by atoms with van der Waals surface area (Å²) in [6.07, 6.45) is 1.81. The first-order valence-corrected chi connectivity index (χ1v) is 8.54. The van der Waals surface area contributed by atoms with E-state index in [1.807, 2.05) is 42.0 Å². The third-order valence-electron chi connectivity index (χ3n) is 3.83. The fourth-order valence-corrected chi connectivity index (χ4v) is 2.86. The van der Waals surface area contributed by atoms with E-state index in [4.69, 9.17) is 27.9 Å². The summed E-state index contributed by atoms with van der Waals surface area (Å²) in [5.41, 5.74) is 2.94. The van der Waals surface area contributed by atoms with E-state index in [-0.39, 0.29) is 5.97 Å². The van der Waals surface area contributed by atoms with E-state index < -0.39 is 0 Å². The van der Waals surface area contributed by atoms with Gasteiger partial charge in [0.1, 0.15) is 5.82 Å². The molecular weight excluding hydrogens is 359 g/mol. The smallest absolute Gasteiger partial charge is 0.339 e. The minimum Gasteiger partial charge on any atom is -0.462 e. The van der Waals surface area contributed by atoms with Gasteiger partial charge in [-0.1, -0.05) is 35.3 Å². The molecule has 0 saturated carbocycles. The van der Waals surface area contributed by atoms with Crippen molar-refractivity contribution >= 4 is 29.2 Å². The zero-order chi connectivity index (χ0) is 18.0. The molecule has 0 atom stereocenters. The number of carbonyl (C=O) groups is 1. The van der Waals surface area contributed by atoms with Gasteiger partial charge < -0.3 is 9.30 Å². The quantitative estimate of drug-likeness (QED) is 0.579. The zero-order valence-corrected chi connectivity index (χ0v) is 15.3. The lowest BCUT2D eigenvalue weighted by Gasteiger charge is -2.09. The van der Waals surface area contributed by atoms with Crippen molar-refractivity contribution in [1.29, 1.82) is 0 Å². The van der Waals surface area contributed by atoms with E-state index in [1.54, 1.807) is 25.1 Å². The number of hydrogen-bond acceptors (Lipinski definition) is 3.